The molecule has 0 aliphatic rings. The second-order valence-corrected chi connectivity index (χ2v) is 4.80. The highest BCUT2D eigenvalue weighted by Crippen LogP contribution is 2.27. The summed E-state index contributed by atoms with van der Waals surface area (Å²) in [5.74, 6) is -2.77. The second kappa shape index (κ2) is 6.53. The van der Waals surface area contributed by atoms with Crippen molar-refractivity contribution in [3.8, 4) is 0 Å². The van der Waals surface area contributed by atoms with Gasteiger partial charge in [-0.2, -0.15) is 0 Å². The number of aromatic nitrogens is 1. The van der Waals surface area contributed by atoms with Gasteiger partial charge in [-0.1, -0.05) is 0 Å². The fourth-order valence-corrected chi connectivity index (χ4v) is 2.45. The SMILES string of the molecule is COC(=O)c1ccn2c(C(C)=O)c(C(=O)OC)c(C(=O)OC)c2c1. The highest BCUT2D eigenvalue weighted by atomic mass is 16.5. The van der Waals surface area contributed by atoms with E-state index in [9.17, 15) is 19.2 Å². The van der Waals surface area contributed by atoms with E-state index in [1.54, 1.807) is 0 Å². The molecule has 0 aliphatic heterocycles. The minimum Gasteiger partial charge on any atom is -0.465 e. The highest BCUT2D eigenvalue weighted by Gasteiger charge is 2.31. The quantitative estimate of drug-likeness (QED) is 0.475. The van der Waals surface area contributed by atoms with Crippen molar-refractivity contribution in [3.63, 3.8) is 0 Å². The predicted molar refractivity (Wildman–Crippen MR) is 81.4 cm³/mol. The summed E-state index contributed by atoms with van der Waals surface area (Å²) < 4.78 is 15.4. The van der Waals surface area contributed by atoms with Crippen LogP contribution in [0.5, 0.6) is 0 Å². The number of methoxy groups -OCH3 is 3. The summed E-state index contributed by atoms with van der Waals surface area (Å²) in [5.41, 5.74) is -0.0812. The molecule has 2 aromatic heterocycles. The Labute approximate surface area is 136 Å². The van der Waals surface area contributed by atoms with E-state index in [0.717, 1.165) is 14.2 Å². The van der Waals surface area contributed by atoms with Gasteiger partial charge in [-0.15, -0.1) is 0 Å². The number of fused-ring (bicyclic) bond motifs is 1. The Morgan fingerprint density at radius 3 is 1.92 bits per heavy atom. The summed E-state index contributed by atoms with van der Waals surface area (Å²) in [6.07, 6.45) is 1.40. The van der Waals surface area contributed by atoms with Gasteiger partial charge in [0.15, 0.2) is 5.78 Å². The molecule has 8 heteroatoms. The third kappa shape index (κ3) is 2.62. The van der Waals surface area contributed by atoms with E-state index in [-0.39, 0.29) is 27.9 Å². The molecule has 0 radical (unpaired) electrons. The lowest BCUT2D eigenvalue weighted by molar-refractivity contribution is 0.0556. The van der Waals surface area contributed by atoms with E-state index in [1.165, 1.54) is 36.8 Å². The lowest BCUT2D eigenvalue weighted by atomic mass is 10.1. The van der Waals surface area contributed by atoms with Crippen LogP contribution in [0.3, 0.4) is 0 Å². The van der Waals surface area contributed by atoms with Gasteiger partial charge in [-0.25, -0.2) is 14.4 Å². The number of ketones is 1. The van der Waals surface area contributed by atoms with Crippen molar-refractivity contribution < 1.29 is 33.4 Å². The monoisotopic (exact) mass is 333 g/mol. The molecule has 0 N–H and O–H groups in total. The Morgan fingerprint density at radius 1 is 0.875 bits per heavy atom. The predicted octanol–water partition coefficient (Wildman–Crippen LogP) is 1.50. The lowest BCUT2D eigenvalue weighted by Crippen LogP contribution is -2.13. The van der Waals surface area contributed by atoms with Crippen LogP contribution in [0.2, 0.25) is 0 Å². The zero-order chi connectivity index (χ0) is 18.0. The molecule has 8 nitrogen and oxygen atoms in total. The van der Waals surface area contributed by atoms with E-state index in [0.29, 0.717) is 0 Å². The molecule has 0 atom stereocenters. The molecule has 0 fully saturated rings. The number of carbonyl (C=O) groups excluding carboxylic acids is 4. The number of hydrogen-bond acceptors (Lipinski definition) is 7. The summed E-state index contributed by atoms with van der Waals surface area (Å²) in [6.45, 7) is 1.25. The summed E-state index contributed by atoms with van der Waals surface area (Å²) in [6, 6.07) is 2.75. The Hall–Kier alpha value is -3.16. The highest BCUT2D eigenvalue weighted by molar-refractivity contribution is 6.15. The molecule has 0 bridgehead atoms. The molecule has 2 rings (SSSR count). The smallest absolute Gasteiger partial charge is 0.341 e. The standard InChI is InChI=1S/C16H15NO7/c1-8(18)13-12(16(21)24-4)11(15(20)23-3)10-7-9(14(19)22-2)5-6-17(10)13/h5-7H,1-4H3. The molecule has 0 spiro atoms. The molecule has 0 amide bonds. The van der Waals surface area contributed by atoms with Crippen molar-refractivity contribution in [3.05, 3.63) is 40.7 Å². The van der Waals surface area contributed by atoms with Crippen molar-refractivity contribution in [1.82, 2.24) is 4.40 Å². The van der Waals surface area contributed by atoms with Crippen molar-refractivity contribution in [2.45, 2.75) is 6.92 Å². The number of nitrogens with zero attached hydrogens (tertiary/aromatic N) is 1. The Balaban J connectivity index is 2.97. The first-order valence-electron chi connectivity index (χ1n) is 6.81. The normalized spacial score (nSPS) is 10.3. The third-order valence-corrected chi connectivity index (χ3v) is 3.47. The fourth-order valence-electron chi connectivity index (χ4n) is 2.45. The zero-order valence-electron chi connectivity index (χ0n) is 13.5. The van der Waals surface area contributed by atoms with Crippen molar-refractivity contribution in [2.75, 3.05) is 21.3 Å². The van der Waals surface area contributed by atoms with Gasteiger partial charge in [0.2, 0.25) is 0 Å². The second-order valence-electron chi connectivity index (χ2n) is 4.80. The number of Topliss-reactive ketones (excluding diaryl/α,β-unsaturated/α-hetero) is 1. The minimum atomic E-state index is -0.857. The number of hydrogen-bond donors (Lipinski definition) is 0. The first-order chi connectivity index (χ1) is 11.4. The minimum absolute atomic E-state index is 0.0336. The van der Waals surface area contributed by atoms with Crippen LogP contribution in [-0.2, 0) is 14.2 Å². The molecule has 0 aromatic carbocycles. The first kappa shape index (κ1) is 17.2. The third-order valence-electron chi connectivity index (χ3n) is 3.47. The maximum absolute atomic E-state index is 12.2. The molecule has 0 aliphatic carbocycles. The first-order valence-corrected chi connectivity index (χ1v) is 6.81. The Kier molecular flexibility index (Phi) is 4.68. The summed E-state index contributed by atoms with van der Waals surface area (Å²) in [5, 5.41) is 0. The van der Waals surface area contributed by atoms with Crippen LogP contribution >= 0.6 is 0 Å². The molecule has 0 saturated carbocycles. The Bertz CT molecular complexity index is 863. The topological polar surface area (TPSA) is 100 Å². The summed E-state index contributed by atoms with van der Waals surface area (Å²) in [7, 11) is 3.49. The van der Waals surface area contributed by atoms with Gasteiger partial charge in [0.1, 0.15) is 16.8 Å². The van der Waals surface area contributed by atoms with Crippen molar-refractivity contribution in [2.24, 2.45) is 0 Å². The van der Waals surface area contributed by atoms with Crippen molar-refractivity contribution in [1.29, 1.82) is 0 Å². The van der Waals surface area contributed by atoms with Crippen LogP contribution in [0.25, 0.3) is 5.52 Å². The zero-order valence-corrected chi connectivity index (χ0v) is 13.5. The number of pyridine rings is 1. The molecule has 24 heavy (non-hydrogen) atoms. The van der Waals surface area contributed by atoms with E-state index in [1.807, 2.05) is 0 Å². The molecule has 2 aromatic rings. The molecule has 2 heterocycles. The van der Waals surface area contributed by atoms with Gasteiger partial charge in [-0.3, -0.25) is 4.79 Å². The summed E-state index contributed by atoms with van der Waals surface area (Å²) in [4.78, 5) is 48.1. The summed E-state index contributed by atoms with van der Waals surface area (Å²) >= 11 is 0. The van der Waals surface area contributed by atoms with Gasteiger partial charge in [0.05, 0.1) is 32.4 Å². The van der Waals surface area contributed by atoms with Gasteiger partial charge < -0.3 is 18.6 Å². The van der Waals surface area contributed by atoms with E-state index in [4.69, 9.17) is 4.74 Å². The van der Waals surface area contributed by atoms with Crippen molar-refractivity contribution >= 4 is 29.2 Å². The van der Waals surface area contributed by atoms with Crippen LogP contribution in [0.4, 0.5) is 0 Å². The lowest BCUT2D eigenvalue weighted by Gasteiger charge is -2.03. The average Bonchev–Trinajstić information content (AvgIpc) is 2.93. The Morgan fingerprint density at radius 2 is 1.42 bits per heavy atom. The molecule has 0 unspecified atom stereocenters. The van der Waals surface area contributed by atoms with Crippen LogP contribution in [0, 0.1) is 0 Å². The van der Waals surface area contributed by atoms with E-state index >= 15 is 0 Å². The largest absolute Gasteiger partial charge is 0.465 e. The van der Waals surface area contributed by atoms with E-state index < -0.39 is 23.7 Å². The maximum Gasteiger partial charge on any atom is 0.341 e. The van der Waals surface area contributed by atoms with Gasteiger partial charge >= 0.3 is 17.9 Å². The van der Waals surface area contributed by atoms with Crippen LogP contribution < -0.4 is 0 Å². The van der Waals surface area contributed by atoms with Gasteiger partial charge in [0.25, 0.3) is 0 Å². The maximum atomic E-state index is 12.2. The van der Waals surface area contributed by atoms with Gasteiger partial charge in [0, 0.05) is 13.1 Å². The molecular weight excluding hydrogens is 318 g/mol. The van der Waals surface area contributed by atoms with Crippen LogP contribution in [0.15, 0.2) is 18.3 Å². The number of esters is 3. The number of rotatable bonds is 4. The number of carbonyl (C=O) groups is 4. The average molecular weight is 333 g/mol. The molecule has 0 saturated heterocycles. The fraction of sp³-hybridized carbons (Fsp3) is 0.250. The molecule has 126 valence electrons. The van der Waals surface area contributed by atoms with Crippen LogP contribution in [0.1, 0.15) is 48.5 Å². The van der Waals surface area contributed by atoms with E-state index in [2.05, 4.69) is 9.47 Å². The molecular formula is C16H15NO7. The van der Waals surface area contributed by atoms with Crippen LogP contribution in [-0.4, -0.2) is 49.4 Å². The number of ether oxygens (including phenoxy) is 3. The van der Waals surface area contributed by atoms with Gasteiger partial charge in [-0.05, 0) is 12.1 Å².